The van der Waals surface area contributed by atoms with Gasteiger partial charge in [-0.3, -0.25) is 0 Å². The molecule has 0 aromatic rings. The van der Waals surface area contributed by atoms with Gasteiger partial charge in [0, 0.05) is 0 Å². The monoisotopic (exact) mass is 111 g/mol. The fourth-order valence-electron chi connectivity index (χ4n) is 0.382. The van der Waals surface area contributed by atoms with Crippen molar-refractivity contribution in [3.8, 4) is 0 Å². The first-order chi connectivity index (χ1) is 3.91. The van der Waals surface area contributed by atoms with Crippen LogP contribution in [0.15, 0.2) is 24.3 Å². The summed E-state index contributed by atoms with van der Waals surface area (Å²) in [5.74, 6) is 0. The molecule has 0 radical (unpaired) electrons. The van der Waals surface area contributed by atoms with E-state index in [1.807, 2.05) is 25.2 Å². The summed E-state index contributed by atoms with van der Waals surface area (Å²) >= 11 is 0. The van der Waals surface area contributed by atoms with Gasteiger partial charge in [-0.1, -0.05) is 24.3 Å². The second kappa shape index (κ2) is 6.44. The fraction of sp³-hybridized carbons (Fsp3) is 0.429. The van der Waals surface area contributed by atoms with Crippen LogP contribution in [-0.2, 0) is 0 Å². The minimum atomic E-state index is 0.744. The van der Waals surface area contributed by atoms with E-state index in [0.717, 1.165) is 13.0 Å². The van der Waals surface area contributed by atoms with Crippen LogP contribution in [0.5, 0.6) is 0 Å². The highest BCUT2D eigenvalue weighted by Crippen LogP contribution is 1.79. The Morgan fingerprint density at radius 3 is 2.62 bits per heavy atom. The summed E-state index contributed by atoms with van der Waals surface area (Å²) in [6.45, 7) is 2.74. The maximum atomic E-state index is 5.24. The summed E-state index contributed by atoms with van der Waals surface area (Å²) in [6.07, 6.45) is 9.03. The zero-order chi connectivity index (χ0) is 6.24. The molecule has 0 fully saturated rings. The average molecular weight is 111 g/mol. The van der Waals surface area contributed by atoms with Crippen molar-refractivity contribution in [2.75, 3.05) is 6.54 Å². The Balaban J connectivity index is 3.07. The number of hydrogen-bond acceptors (Lipinski definition) is 1. The van der Waals surface area contributed by atoms with Crippen LogP contribution in [0.1, 0.15) is 13.3 Å². The second-order valence-electron chi connectivity index (χ2n) is 1.53. The molecule has 0 aromatic heterocycles. The molecule has 0 spiro atoms. The number of allylic oxidation sites excluding steroid dienone is 3. The summed E-state index contributed by atoms with van der Waals surface area (Å²) in [4.78, 5) is 0. The van der Waals surface area contributed by atoms with Crippen LogP contribution < -0.4 is 5.73 Å². The van der Waals surface area contributed by atoms with Gasteiger partial charge in [0.2, 0.25) is 0 Å². The molecule has 2 N–H and O–H groups in total. The molecule has 0 aliphatic carbocycles. The van der Waals surface area contributed by atoms with E-state index in [-0.39, 0.29) is 0 Å². The summed E-state index contributed by atoms with van der Waals surface area (Å²) in [7, 11) is 0. The predicted molar refractivity (Wildman–Crippen MR) is 37.6 cm³/mol. The zero-order valence-electron chi connectivity index (χ0n) is 5.30. The van der Waals surface area contributed by atoms with Gasteiger partial charge in [-0.2, -0.15) is 0 Å². The van der Waals surface area contributed by atoms with Crippen molar-refractivity contribution in [1.29, 1.82) is 0 Å². The first-order valence-corrected chi connectivity index (χ1v) is 2.89. The summed E-state index contributed by atoms with van der Waals surface area (Å²) in [5, 5.41) is 0. The van der Waals surface area contributed by atoms with Crippen molar-refractivity contribution in [3.05, 3.63) is 24.3 Å². The quantitative estimate of drug-likeness (QED) is 0.548. The van der Waals surface area contributed by atoms with E-state index in [1.54, 1.807) is 0 Å². The Labute approximate surface area is 50.9 Å². The van der Waals surface area contributed by atoms with Crippen LogP contribution in [0.25, 0.3) is 0 Å². The van der Waals surface area contributed by atoms with Gasteiger partial charge < -0.3 is 5.73 Å². The van der Waals surface area contributed by atoms with Crippen LogP contribution >= 0.6 is 0 Å². The first kappa shape index (κ1) is 7.44. The van der Waals surface area contributed by atoms with E-state index in [1.165, 1.54) is 0 Å². The van der Waals surface area contributed by atoms with Gasteiger partial charge in [0.1, 0.15) is 0 Å². The SMILES string of the molecule is C/C=C/C=C/CCN. The molecule has 0 atom stereocenters. The van der Waals surface area contributed by atoms with Crippen molar-refractivity contribution in [3.63, 3.8) is 0 Å². The molecule has 0 aliphatic rings. The molecular weight excluding hydrogens is 98.1 g/mol. The standard InChI is InChI=1S/C7H13N/c1-2-3-4-5-6-7-8/h2-5H,6-8H2,1H3/b3-2+,5-4+. The highest BCUT2D eigenvalue weighted by atomic mass is 14.5. The summed E-state index contributed by atoms with van der Waals surface area (Å²) in [6, 6.07) is 0. The van der Waals surface area contributed by atoms with Gasteiger partial charge in [-0.15, -0.1) is 0 Å². The first-order valence-electron chi connectivity index (χ1n) is 2.89. The Hall–Kier alpha value is -0.560. The third-order valence-electron chi connectivity index (χ3n) is 0.773. The number of nitrogens with two attached hydrogens (primary N) is 1. The molecule has 0 amide bonds. The van der Waals surface area contributed by atoms with Crippen LogP contribution in [0, 0.1) is 0 Å². The Kier molecular flexibility index (Phi) is 5.99. The van der Waals surface area contributed by atoms with Crippen LogP contribution in [0.2, 0.25) is 0 Å². The minimum absolute atomic E-state index is 0.744. The molecular formula is C7H13N. The second-order valence-corrected chi connectivity index (χ2v) is 1.53. The van der Waals surface area contributed by atoms with Gasteiger partial charge in [0.15, 0.2) is 0 Å². The highest BCUT2D eigenvalue weighted by molar-refractivity contribution is 5.00. The predicted octanol–water partition coefficient (Wildman–Crippen LogP) is 1.47. The summed E-state index contributed by atoms with van der Waals surface area (Å²) in [5.41, 5.74) is 5.24. The molecule has 1 heteroatoms. The average Bonchev–Trinajstić information content (AvgIpc) is 1.81. The van der Waals surface area contributed by atoms with Gasteiger partial charge >= 0.3 is 0 Å². The van der Waals surface area contributed by atoms with Crippen LogP contribution in [-0.4, -0.2) is 6.54 Å². The molecule has 0 heterocycles. The molecule has 0 saturated heterocycles. The van der Waals surface area contributed by atoms with Crippen molar-refractivity contribution in [2.24, 2.45) is 5.73 Å². The largest absolute Gasteiger partial charge is 0.330 e. The molecule has 0 aliphatic heterocycles. The van der Waals surface area contributed by atoms with Crippen molar-refractivity contribution >= 4 is 0 Å². The summed E-state index contributed by atoms with van der Waals surface area (Å²) < 4.78 is 0. The van der Waals surface area contributed by atoms with E-state index in [2.05, 4.69) is 6.08 Å². The molecule has 46 valence electrons. The Bertz CT molecular complexity index is 82.4. The number of hydrogen-bond donors (Lipinski definition) is 1. The van der Waals surface area contributed by atoms with Crippen LogP contribution in [0.3, 0.4) is 0 Å². The van der Waals surface area contributed by atoms with E-state index < -0.39 is 0 Å². The molecule has 0 saturated carbocycles. The van der Waals surface area contributed by atoms with E-state index >= 15 is 0 Å². The number of rotatable bonds is 3. The maximum absolute atomic E-state index is 5.24. The lowest BCUT2D eigenvalue weighted by atomic mass is 10.3. The van der Waals surface area contributed by atoms with E-state index in [4.69, 9.17) is 5.73 Å². The highest BCUT2D eigenvalue weighted by Gasteiger charge is 1.66. The van der Waals surface area contributed by atoms with Crippen LogP contribution in [0.4, 0.5) is 0 Å². The van der Waals surface area contributed by atoms with Crippen molar-refractivity contribution in [1.82, 2.24) is 0 Å². The Morgan fingerprint density at radius 2 is 2.12 bits per heavy atom. The van der Waals surface area contributed by atoms with Crippen molar-refractivity contribution < 1.29 is 0 Å². The smallest absolute Gasteiger partial charge is 0.00425 e. The minimum Gasteiger partial charge on any atom is -0.330 e. The lowest BCUT2D eigenvalue weighted by molar-refractivity contribution is 1.01. The van der Waals surface area contributed by atoms with E-state index in [0.29, 0.717) is 0 Å². The lowest BCUT2D eigenvalue weighted by Crippen LogP contribution is -1.94. The van der Waals surface area contributed by atoms with Gasteiger partial charge in [0.25, 0.3) is 0 Å². The van der Waals surface area contributed by atoms with E-state index in [9.17, 15) is 0 Å². The molecule has 8 heavy (non-hydrogen) atoms. The molecule has 0 aromatic carbocycles. The normalized spacial score (nSPS) is 11.8. The molecule has 1 nitrogen and oxygen atoms in total. The fourth-order valence-corrected chi connectivity index (χ4v) is 0.382. The topological polar surface area (TPSA) is 26.0 Å². The van der Waals surface area contributed by atoms with Gasteiger partial charge in [0.05, 0.1) is 0 Å². The van der Waals surface area contributed by atoms with Crippen molar-refractivity contribution in [2.45, 2.75) is 13.3 Å². The maximum Gasteiger partial charge on any atom is -0.00425 e. The Morgan fingerprint density at radius 1 is 1.38 bits per heavy atom. The molecule has 0 unspecified atom stereocenters. The van der Waals surface area contributed by atoms with Gasteiger partial charge in [-0.25, -0.2) is 0 Å². The zero-order valence-corrected chi connectivity index (χ0v) is 5.30. The van der Waals surface area contributed by atoms with Gasteiger partial charge in [-0.05, 0) is 19.9 Å². The molecule has 0 rings (SSSR count). The third-order valence-corrected chi connectivity index (χ3v) is 0.773. The third kappa shape index (κ3) is 5.44. The molecule has 0 bridgehead atoms. The lowest BCUT2D eigenvalue weighted by Gasteiger charge is -1.79.